The van der Waals surface area contributed by atoms with Crippen LogP contribution in [0.15, 0.2) is 30.3 Å². The van der Waals surface area contributed by atoms with Crippen molar-refractivity contribution in [1.82, 2.24) is 10.2 Å². The third-order valence-electron chi connectivity index (χ3n) is 2.72. The summed E-state index contributed by atoms with van der Waals surface area (Å²) >= 11 is 1.37. The number of nitrogens with two attached hydrogens (primary N) is 2. The average molecular weight is 275 g/mol. The number of nitrogens with one attached hydrogen (secondary N) is 2. The van der Waals surface area contributed by atoms with Gasteiger partial charge in [-0.2, -0.15) is 5.10 Å². The third kappa shape index (κ3) is 4.33. The molecule has 0 spiro atoms. The minimum Gasteiger partial charge on any atom is -0.382 e. The summed E-state index contributed by atoms with van der Waals surface area (Å²) in [6.45, 7) is 0. The molecule has 1 aromatic heterocycles. The van der Waals surface area contributed by atoms with Gasteiger partial charge >= 0.3 is 0 Å². The van der Waals surface area contributed by atoms with Gasteiger partial charge in [0.25, 0.3) is 0 Å². The normalized spacial score (nSPS) is 10.5. The van der Waals surface area contributed by atoms with E-state index in [1.165, 1.54) is 22.9 Å². The van der Waals surface area contributed by atoms with Crippen molar-refractivity contribution < 1.29 is 0 Å². The standard InChI is InChI=1S/C13H17N5S/c14-12-8-11(17-18-12)7-10-3-1-9(2-4-10)5-6-19-13(15)16/h1-4,8H,5-7H2,(H3,15,16)(H3,14,17,18). The summed E-state index contributed by atoms with van der Waals surface area (Å²) in [6, 6.07) is 10.3. The fourth-order valence-electron chi connectivity index (χ4n) is 1.79. The van der Waals surface area contributed by atoms with Gasteiger partial charge in [0.15, 0.2) is 5.17 Å². The molecule has 0 amide bonds. The van der Waals surface area contributed by atoms with Crippen LogP contribution in [0, 0.1) is 5.41 Å². The van der Waals surface area contributed by atoms with Crippen LogP contribution in [0.3, 0.4) is 0 Å². The zero-order valence-electron chi connectivity index (χ0n) is 10.5. The zero-order chi connectivity index (χ0) is 13.7. The predicted molar refractivity (Wildman–Crippen MR) is 80.3 cm³/mol. The predicted octanol–water partition coefficient (Wildman–Crippen LogP) is 1.75. The number of hydrogen-bond acceptors (Lipinski definition) is 4. The number of aromatic amines is 1. The van der Waals surface area contributed by atoms with Gasteiger partial charge in [-0.25, -0.2) is 0 Å². The van der Waals surface area contributed by atoms with E-state index in [-0.39, 0.29) is 5.17 Å². The first-order chi connectivity index (χ1) is 9.13. The molecule has 0 saturated heterocycles. The summed E-state index contributed by atoms with van der Waals surface area (Å²) in [5, 5.41) is 14.1. The van der Waals surface area contributed by atoms with E-state index in [2.05, 4.69) is 34.5 Å². The maximum Gasteiger partial charge on any atom is 0.151 e. The topological polar surface area (TPSA) is 105 Å². The molecule has 0 unspecified atom stereocenters. The average Bonchev–Trinajstić information content (AvgIpc) is 2.77. The maximum atomic E-state index is 7.14. The molecule has 0 radical (unpaired) electrons. The van der Waals surface area contributed by atoms with Gasteiger partial charge in [-0.1, -0.05) is 36.0 Å². The molecule has 0 aliphatic heterocycles. The first kappa shape index (κ1) is 13.5. The summed E-state index contributed by atoms with van der Waals surface area (Å²) in [5.41, 5.74) is 14.3. The molecule has 0 atom stereocenters. The van der Waals surface area contributed by atoms with Crippen molar-refractivity contribution in [2.75, 3.05) is 11.5 Å². The molecule has 0 aliphatic rings. The number of hydrogen-bond donors (Lipinski definition) is 4. The van der Waals surface area contributed by atoms with E-state index in [1.807, 2.05) is 6.07 Å². The lowest BCUT2D eigenvalue weighted by atomic mass is 10.1. The lowest BCUT2D eigenvalue weighted by Crippen LogP contribution is -2.05. The van der Waals surface area contributed by atoms with E-state index in [1.54, 1.807) is 0 Å². The smallest absolute Gasteiger partial charge is 0.151 e. The minimum absolute atomic E-state index is 0.174. The van der Waals surface area contributed by atoms with Crippen molar-refractivity contribution in [3.63, 3.8) is 0 Å². The largest absolute Gasteiger partial charge is 0.382 e. The Kier molecular flexibility index (Phi) is 4.46. The second kappa shape index (κ2) is 6.29. The zero-order valence-corrected chi connectivity index (χ0v) is 11.3. The number of amidine groups is 1. The highest BCUT2D eigenvalue weighted by molar-refractivity contribution is 8.13. The summed E-state index contributed by atoms with van der Waals surface area (Å²) in [6.07, 6.45) is 1.72. The SMILES string of the molecule is N=C(N)SCCc1ccc(Cc2cc(N)n[nH]2)cc1. The Morgan fingerprint density at radius 3 is 2.53 bits per heavy atom. The second-order valence-electron chi connectivity index (χ2n) is 4.27. The monoisotopic (exact) mass is 275 g/mol. The van der Waals surface area contributed by atoms with Crippen LogP contribution in [0.25, 0.3) is 0 Å². The highest BCUT2D eigenvalue weighted by atomic mass is 32.2. The van der Waals surface area contributed by atoms with Crippen molar-refractivity contribution in [2.24, 2.45) is 5.73 Å². The fourth-order valence-corrected chi connectivity index (χ4v) is 2.35. The van der Waals surface area contributed by atoms with Crippen LogP contribution in [0.1, 0.15) is 16.8 Å². The van der Waals surface area contributed by atoms with Crippen molar-refractivity contribution in [3.8, 4) is 0 Å². The second-order valence-corrected chi connectivity index (χ2v) is 5.41. The molecule has 0 fully saturated rings. The first-order valence-corrected chi connectivity index (χ1v) is 6.96. The van der Waals surface area contributed by atoms with Crippen LogP contribution in [0.4, 0.5) is 5.82 Å². The van der Waals surface area contributed by atoms with Gasteiger partial charge < -0.3 is 11.5 Å². The molecule has 2 aromatic rings. The third-order valence-corrected chi connectivity index (χ3v) is 3.44. The Morgan fingerprint density at radius 1 is 1.26 bits per heavy atom. The summed E-state index contributed by atoms with van der Waals surface area (Å²) < 4.78 is 0. The highest BCUT2D eigenvalue weighted by Crippen LogP contribution is 2.12. The van der Waals surface area contributed by atoms with E-state index in [0.717, 1.165) is 24.3 Å². The number of benzene rings is 1. The Bertz CT molecular complexity index is 546. The number of aryl methyl sites for hydroxylation is 1. The number of aromatic nitrogens is 2. The molecule has 5 nitrogen and oxygen atoms in total. The van der Waals surface area contributed by atoms with Gasteiger partial charge in [0.1, 0.15) is 5.82 Å². The van der Waals surface area contributed by atoms with E-state index in [4.69, 9.17) is 16.9 Å². The maximum absolute atomic E-state index is 7.14. The number of rotatable bonds is 5. The molecule has 0 saturated carbocycles. The van der Waals surface area contributed by atoms with Crippen molar-refractivity contribution >= 4 is 22.7 Å². The summed E-state index contributed by atoms with van der Waals surface area (Å²) in [5.74, 6) is 1.36. The van der Waals surface area contributed by atoms with Crippen molar-refractivity contribution in [2.45, 2.75) is 12.8 Å². The van der Waals surface area contributed by atoms with Gasteiger partial charge in [-0.3, -0.25) is 10.5 Å². The fraction of sp³-hybridized carbons (Fsp3) is 0.231. The molecule has 6 heteroatoms. The molecule has 100 valence electrons. The van der Waals surface area contributed by atoms with E-state index in [0.29, 0.717) is 5.82 Å². The van der Waals surface area contributed by atoms with Crippen LogP contribution in [0.5, 0.6) is 0 Å². The van der Waals surface area contributed by atoms with Crippen molar-refractivity contribution in [1.29, 1.82) is 5.41 Å². The Hall–Kier alpha value is -1.95. The van der Waals surface area contributed by atoms with E-state index < -0.39 is 0 Å². The Labute approximate surface area is 116 Å². The summed E-state index contributed by atoms with van der Waals surface area (Å²) in [7, 11) is 0. The van der Waals surface area contributed by atoms with Crippen LogP contribution in [0.2, 0.25) is 0 Å². The molecule has 1 aromatic carbocycles. The molecule has 6 N–H and O–H groups in total. The number of H-pyrrole nitrogens is 1. The van der Waals surface area contributed by atoms with Crippen LogP contribution in [-0.2, 0) is 12.8 Å². The first-order valence-electron chi connectivity index (χ1n) is 5.98. The Balaban J connectivity index is 1.89. The molecule has 2 rings (SSSR count). The van der Waals surface area contributed by atoms with Crippen LogP contribution >= 0.6 is 11.8 Å². The Morgan fingerprint density at radius 2 is 1.95 bits per heavy atom. The quantitative estimate of drug-likeness (QED) is 0.493. The van der Waals surface area contributed by atoms with Gasteiger partial charge in [0.2, 0.25) is 0 Å². The molecular formula is C13H17N5S. The summed E-state index contributed by atoms with van der Waals surface area (Å²) in [4.78, 5) is 0. The minimum atomic E-state index is 0.174. The molecular weight excluding hydrogens is 258 g/mol. The number of nitrogen functional groups attached to an aromatic ring is 1. The number of anilines is 1. The van der Waals surface area contributed by atoms with Gasteiger partial charge in [-0.15, -0.1) is 0 Å². The molecule has 0 aliphatic carbocycles. The van der Waals surface area contributed by atoms with Gasteiger partial charge in [0.05, 0.1) is 0 Å². The van der Waals surface area contributed by atoms with E-state index >= 15 is 0 Å². The highest BCUT2D eigenvalue weighted by Gasteiger charge is 2.01. The number of thioether (sulfide) groups is 1. The van der Waals surface area contributed by atoms with E-state index in [9.17, 15) is 0 Å². The lowest BCUT2D eigenvalue weighted by molar-refractivity contribution is 0.998. The molecule has 1 heterocycles. The lowest BCUT2D eigenvalue weighted by Gasteiger charge is -2.03. The molecule has 19 heavy (non-hydrogen) atoms. The van der Waals surface area contributed by atoms with Crippen LogP contribution < -0.4 is 11.5 Å². The van der Waals surface area contributed by atoms with Crippen LogP contribution in [-0.4, -0.2) is 21.1 Å². The number of nitrogens with zero attached hydrogens (tertiary/aromatic N) is 1. The van der Waals surface area contributed by atoms with Gasteiger partial charge in [-0.05, 0) is 17.5 Å². The molecule has 0 bridgehead atoms. The van der Waals surface area contributed by atoms with Gasteiger partial charge in [0, 0.05) is 23.9 Å². The van der Waals surface area contributed by atoms with Crippen molar-refractivity contribution in [3.05, 3.63) is 47.2 Å².